The van der Waals surface area contributed by atoms with Gasteiger partial charge in [0.05, 0.1) is 6.61 Å². The Balaban J connectivity index is 4.49. The Morgan fingerprint density at radius 3 is 2.10 bits per heavy atom. The van der Waals surface area contributed by atoms with Crippen molar-refractivity contribution in [1.29, 1.82) is 0 Å². The van der Waals surface area contributed by atoms with E-state index < -0.39 is 23.8 Å². The molecule has 0 unspecified atom stereocenters. The predicted octanol–water partition coefficient (Wildman–Crippen LogP) is 1.30. The Morgan fingerprint density at radius 1 is 1.10 bits per heavy atom. The van der Waals surface area contributed by atoms with Crippen LogP contribution >= 0.6 is 0 Å². The molecule has 0 rings (SSSR count). The number of Topliss-reactive ketones (excluding diaryl/α,β-unsaturated/α-hetero) is 2. The van der Waals surface area contributed by atoms with Gasteiger partial charge in [-0.25, -0.2) is 4.79 Å². The van der Waals surface area contributed by atoms with Gasteiger partial charge in [-0.1, -0.05) is 0 Å². The van der Waals surface area contributed by atoms with E-state index in [1.807, 2.05) is 0 Å². The Hall–Kier alpha value is -1.27. The fraction of sp³-hybridized carbons (Fsp3) is 0.786. The molecule has 0 heterocycles. The fourth-order valence-electron chi connectivity index (χ4n) is 1.40. The summed E-state index contributed by atoms with van der Waals surface area (Å²) in [6, 6.07) is 0. The highest BCUT2D eigenvalue weighted by Gasteiger charge is 2.33. The summed E-state index contributed by atoms with van der Waals surface area (Å²) in [6.45, 7) is 7.78. The van der Waals surface area contributed by atoms with E-state index in [1.165, 1.54) is 27.9 Å². The molecule has 0 spiro atoms. The molecule has 0 saturated heterocycles. The zero-order valence-electron chi connectivity index (χ0n) is 13.0. The Bertz CT molecular complexity index is 361. The number of methoxy groups -OCH3 is 1. The molecule has 2 atom stereocenters. The first-order valence-electron chi connectivity index (χ1n) is 6.52. The third kappa shape index (κ3) is 6.25. The van der Waals surface area contributed by atoms with Gasteiger partial charge in [0.15, 0.2) is 23.8 Å². The highest BCUT2D eigenvalue weighted by Crippen LogP contribution is 2.17. The van der Waals surface area contributed by atoms with Gasteiger partial charge in [0, 0.05) is 13.5 Å². The van der Waals surface area contributed by atoms with Gasteiger partial charge in [0.25, 0.3) is 0 Å². The van der Waals surface area contributed by atoms with Crippen LogP contribution in [0.5, 0.6) is 0 Å². The molecule has 0 amide bonds. The van der Waals surface area contributed by atoms with Crippen LogP contribution in [-0.2, 0) is 28.6 Å². The summed E-state index contributed by atoms with van der Waals surface area (Å²) in [4.78, 5) is 34.7. The van der Waals surface area contributed by atoms with Crippen molar-refractivity contribution < 1.29 is 28.6 Å². The highest BCUT2D eigenvalue weighted by molar-refractivity contribution is 5.87. The van der Waals surface area contributed by atoms with Crippen LogP contribution in [0.4, 0.5) is 0 Å². The number of ketones is 2. The van der Waals surface area contributed by atoms with Crippen molar-refractivity contribution in [2.24, 2.45) is 0 Å². The summed E-state index contributed by atoms with van der Waals surface area (Å²) in [5.74, 6) is -1.08. The van der Waals surface area contributed by atoms with E-state index in [0.717, 1.165) is 0 Å². The minimum Gasteiger partial charge on any atom is -0.453 e. The second kappa shape index (κ2) is 8.11. The summed E-state index contributed by atoms with van der Waals surface area (Å²) in [5, 5.41) is 0. The number of esters is 1. The van der Waals surface area contributed by atoms with E-state index in [1.54, 1.807) is 13.8 Å². The van der Waals surface area contributed by atoms with Crippen molar-refractivity contribution in [3.63, 3.8) is 0 Å². The number of hydrogen-bond acceptors (Lipinski definition) is 6. The zero-order valence-corrected chi connectivity index (χ0v) is 13.0. The number of rotatable bonds is 9. The zero-order chi connectivity index (χ0) is 15.9. The monoisotopic (exact) mass is 288 g/mol. The van der Waals surface area contributed by atoms with Gasteiger partial charge in [0.1, 0.15) is 5.60 Å². The minimum absolute atomic E-state index is 0.168. The maximum absolute atomic E-state index is 11.9. The van der Waals surface area contributed by atoms with Crippen LogP contribution in [0.1, 0.15) is 41.0 Å². The number of carbonyl (C=O) groups is 3. The second-order valence-electron chi connectivity index (χ2n) is 5.13. The van der Waals surface area contributed by atoms with Crippen LogP contribution in [0.2, 0.25) is 0 Å². The molecule has 116 valence electrons. The lowest BCUT2D eigenvalue weighted by atomic mass is 10.0. The summed E-state index contributed by atoms with van der Waals surface area (Å²) >= 11 is 0. The van der Waals surface area contributed by atoms with Gasteiger partial charge in [-0.3, -0.25) is 9.59 Å². The summed E-state index contributed by atoms with van der Waals surface area (Å²) in [7, 11) is 1.50. The fourth-order valence-corrected chi connectivity index (χ4v) is 1.40. The summed E-state index contributed by atoms with van der Waals surface area (Å²) < 4.78 is 15.2. The topological polar surface area (TPSA) is 78.9 Å². The van der Waals surface area contributed by atoms with Crippen LogP contribution in [0.15, 0.2) is 0 Å². The second-order valence-corrected chi connectivity index (χ2v) is 5.13. The molecule has 0 N–H and O–H groups in total. The standard InChI is InChI=1S/C14H24O6/c1-9(15)10(2)19-13(17)11(3)20-14(4,5)12(16)7-8-18-6/h10-11H,7-8H2,1-6H3/t10-,11-/m0/s1. The van der Waals surface area contributed by atoms with Crippen molar-refractivity contribution in [3.05, 3.63) is 0 Å². The molecule has 0 aromatic carbocycles. The molecule has 0 fully saturated rings. The van der Waals surface area contributed by atoms with E-state index >= 15 is 0 Å². The molecule has 0 aliphatic heterocycles. The lowest BCUT2D eigenvalue weighted by Gasteiger charge is -2.27. The molecule has 0 aliphatic carbocycles. The molecule has 6 heteroatoms. The first-order chi connectivity index (χ1) is 9.11. The first-order valence-corrected chi connectivity index (χ1v) is 6.52. The third-order valence-corrected chi connectivity index (χ3v) is 2.87. The van der Waals surface area contributed by atoms with Crippen molar-refractivity contribution in [2.45, 2.75) is 58.8 Å². The molecular formula is C14H24O6. The normalized spacial score (nSPS) is 14.5. The number of carbonyl (C=O) groups excluding carboxylic acids is 3. The molecule has 0 saturated carbocycles. The van der Waals surface area contributed by atoms with Crippen LogP contribution in [0.3, 0.4) is 0 Å². The molecule has 0 bridgehead atoms. The molecule has 0 aromatic rings. The molecule has 0 aromatic heterocycles. The molecular weight excluding hydrogens is 264 g/mol. The van der Waals surface area contributed by atoms with Crippen LogP contribution in [-0.4, -0.2) is 49.1 Å². The Kier molecular flexibility index (Phi) is 7.60. The van der Waals surface area contributed by atoms with Crippen molar-refractivity contribution in [2.75, 3.05) is 13.7 Å². The van der Waals surface area contributed by atoms with E-state index in [9.17, 15) is 14.4 Å². The first kappa shape index (κ1) is 18.7. The average Bonchev–Trinajstić information content (AvgIpc) is 2.34. The molecule has 0 aliphatic rings. The van der Waals surface area contributed by atoms with Crippen molar-refractivity contribution in [1.82, 2.24) is 0 Å². The largest absolute Gasteiger partial charge is 0.453 e. The predicted molar refractivity (Wildman–Crippen MR) is 72.4 cm³/mol. The third-order valence-electron chi connectivity index (χ3n) is 2.87. The average molecular weight is 288 g/mol. The smallest absolute Gasteiger partial charge is 0.335 e. The van der Waals surface area contributed by atoms with E-state index in [0.29, 0.717) is 6.61 Å². The van der Waals surface area contributed by atoms with E-state index in [-0.39, 0.29) is 18.0 Å². The van der Waals surface area contributed by atoms with Crippen molar-refractivity contribution in [3.8, 4) is 0 Å². The van der Waals surface area contributed by atoms with Crippen LogP contribution in [0, 0.1) is 0 Å². The van der Waals surface area contributed by atoms with E-state index in [2.05, 4.69) is 0 Å². The van der Waals surface area contributed by atoms with Crippen molar-refractivity contribution >= 4 is 17.5 Å². The lowest BCUT2D eigenvalue weighted by molar-refractivity contribution is -0.175. The van der Waals surface area contributed by atoms with Gasteiger partial charge < -0.3 is 14.2 Å². The van der Waals surface area contributed by atoms with Gasteiger partial charge in [-0.2, -0.15) is 0 Å². The lowest BCUT2D eigenvalue weighted by Crippen LogP contribution is -2.42. The quantitative estimate of drug-likeness (QED) is 0.595. The maximum atomic E-state index is 11.9. The minimum atomic E-state index is -1.11. The Morgan fingerprint density at radius 2 is 1.65 bits per heavy atom. The molecule has 20 heavy (non-hydrogen) atoms. The van der Waals surface area contributed by atoms with E-state index in [4.69, 9.17) is 14.2 Å². The summed E-state index contributed by atoms with van der Waals surface area (Å²) in [5.41, 5.74) is -1.11. The van der Waals surface area contributed by atoms with Crippen LogP contribution in [0.25, 0.3) is 0 Å². The van der Waals surface area contributed by atoms with Gasteiger partial charge in [0.2, 0.25) is 0 Å². The number of ether oxygens (including phenoxy) is 3. The van der Waals surface area contributed by atoms with Gasteiger partial charge in [-0.15, -0.1) is 0 Å². The SMILES string of the molecule is COCCC(=O)C(C)(C)O[C@@H](C)C(=O)O[C@@H](C)C(C)=O. The maximum Gasteiger partial charge on any atom is 0.335 e. The number of hydrogen-bond donors (Lipinski definition) is 0. The highest BCUT2D eigenvalue weighted by atomic mass is 16.6. The van der Waals surface area contributed by atoms with Gasteiger partial charge in [-0.05, 0) is 34.6 Å². The van der Waals surface area contributed by atoms with Gasteiger partial charge >= 0.3 is 5.97 Å². The summed E-state index contributed by atoms with van der Waals surface area (Å²) in [6.07, 6.45) is -1.55. The molecule has 0 radical (unpaired) electrons. The Labute approximate surface area is 119 Å². The van der Waals surface area contributed by atoms with Crippen LogP contribution < -0.4 is 0 Å². The molecule has 6 nitrogen and oxygen atoms in total.